The average molecular weight is 279 g/mol. The van der Waals surface area contributed by atoms with Crippen LogP contribution in [-0.2, 0) is 4.79 Å². The second-order valence-electron chi connectivity index (χ2n) is 5.03. The van der Waals surface area contributed by atoms with Gasteiger partial charge < -0.3 is 15.5 Å². The summed E-state index contributed by atoms with van der Waals surface area (Å²) in [5.41, 5.74) is 8.87. The number of hydrogen-bond acceptors (Lipinski definition) is 4. The van der Waals surface area contributed by atoms with Gasteiger partial charge in [0.05, 0.1) is 5.69 Å². The quantitative estimate of drug-likeness (QED) is 0.914. The molecule has 1 aromatic carbocycles. The fraction of sp³-hybridized carbons (Fsp3) is 0.500. The summed E-state index contributed by atoms with van der Waals surface area (Å²) < 4.78 is 0. The molecule has 0 radical (unpaired) electrons. The molecule has 2 atom stereocenters. The smallest absolute Gasteiger partial charge is 0.248 e. The Kier molecular flexibility index (Phi) is 4.06. The number of carbonyl (C=O) groups is 1. The highest BCUT2D eigenvalue weighted by molar-refractivity contribution is 7.98. The molecule has 4 nitrogen and oxygen atoms in total. The van der Waals surface area contributed by atoms with E-state index in [4.69, 9.17) is 5.73 Å². The molecule has 5 heteroatoms. The molecule has 19 heavy (non-hydrogen) atoms. The first-order valence-corrected chi connectivity index (χ1v) is 7.75. The Labute approximate surface area is 118 Å². The fourth-order valence-corrected chi connectivity index (χ4v) is 3.08. The van der Waals surface area contributed by atoms with E-state index in [0.717, 1.165) is 22.7 Å². The SMILES string of the molecule is CSCC(C)N(C)c1ccc2c(c1)N(C)C(=O)C2N. The van der Waals surface area contributed by atoms with Crippen molar-refractivity contribution in [3.05, 3.63) is 23.8 Å². The molecule has 0 spiro atoms. The third-order valence-corrected chi connectivity index (χ3v) is 4.60. The van der Waals surface area contributed by atoms with Gasteiger partial charge in [0.15, 0.2) is 0 Å². The predicted molar refractivity (Wildman–Crippen MR) is 83.0 cm³/mol. The maximum atomic E-state index is 11.9. The normalized spacial score (nSPS) is 19.5. The predicted octanol–water partition coefficient (Wildman–Crippen LogP) is 1.85. The van der Waals surface area contributed by atoms with Crippen LogP contribution >= 0.6 is 11.8 Å². The molecule has 1 aliphatic rings. The highest BCUT2D eigenvalue weighted by Crippen LogP contribution is 2.36. The first-order valence-electron chi connectivity index (χ1n) is 6.36. The van der Waals surface area contributed by atoms with Crippen molar-refractivity contribution >= 4 is 29.0 Å². The number of likely N-dealkylation sites (N-methyl/N-ethyl adjacent to an activating group) is 1. The Hall–Kier alpha value is -1.20. The average Bonchev–Trinajstić information content (AvgIpc) is 2.63. The lowest BCUT2D eigenvalue weighted by Gasteiger charge is -2.27. The molecule has 0 aromatic heterocycles. The van der Waals surface area contributed by atoms with Crippen LogP contribution in [0.2, 0.25) is 0 Å². The number of nitrogens with zero attached hydrogens (tertiary/aromatic N) is 2. The minimum Gasteiger partial charge on any atom is -0.371 e. The summed E-state index contributed by atoms with van der Waals surface area (Å²) in [7, 11) is 3.86. The maximum absolute atomic E-state index is 11.9. The molecule has 104 valence electrons. The summed E-state index contributed by atoms with van der Waals surface area (Å²) in [5.74, 6) is 1.04. The number of hydrogen-bond donors (Lipinski definition) is 1. The highest BCUT2D eigenvalue weighted by atomic mass is 32.2. The molecule has 0 aliphatic carbocycles. The Morgan fingerprint density at radius 3 is 2.84 bits per heavy atom. The maximum Gasteiger partial charge on any atom is 0.248 e. The first kappa shape index (κ1) is 14.2. The lowest BCUT2D eigenvalue weighted by Crippen LogP contribution is -2.31. The van der Waals surface area contributed by atoms with E-state index in [1.807, 2.05) is 23.9 Å². The standard InChI is InChI=1S/C14H21N3OS/c1-9(8-19-4)16(2)10-5-6-11-12(7-10)17(3)14(18)13(11)15/h5-7,9,13H,8,15H2,1-4H3. The van der Waals surface area contributed by atoms with Crippen molar-refractivity contribution in [3.63, 3.8) is 0 Å². The summed E-state index contributed by atoms with van der Waals surface area (Å²) in [6, 6.07) is 6.00. The zero-order chi connectivity index (χ0) is 14.2. The number of rotatable bonds is 4. The van der Waals surface area contributed by atoms with Crippen molar-refractivity contribution in [2.45, 2.75) is 19.0 Å². The molecule has 1 amide bonds. The topological polar surface area (TPSA) is 49.6 Å². The van der Waals surface area contributed by atoms with E-state index in [9.17, 15) is 4.79 Å². The molecule has 1 aromatic rings. The van der Waals surface area contributed by atoms with Gasteiger partial charge in [-0.1, -0.05) is 6.07 Å². The molecular weight excluding hydrogens is 258 g/mol. The second-order valence-corrected chi connectivity index (χ2v) is 5.94. The van der Waals surface area contributed by atoms with Gasteiger partial charge in [-0.3, -0.25) is 4.79 Å². The highest BCUT2D eigenvalue weighted by Gasteiger charge is 2.32. The van der Waals surface area contributed by atoms with Gasteiger partial charge in [-0.05, 0) is 25.3 Å². The van der Waals surface area contributed by atoms with Crippen LogP contribution in [0.5, 0.6) is 0 Å². The van der Waals surface area contributed by atoms with E-state index in [2.05, 4.69) is 31.2 Å². The van der Waals surface area contributed by atoms with Gasteiger partial charge in [0.1, 0.15) is 6.04 Å². The summed E-state index contributed by atoms with van der Waals surface area (Å²) in [4.78, 5) is 15.7. The van der Waals surface area contributed by atoms with E-state index < -0.39 is 6.04 Å². The van der Waals surface area contributed by atoms with Gasteiger partial charge >= 0.3 is 0 Å². The number of benzene rings is 1. The van der Waals surface area contributed by atoms with Crippen molar-refractivity contribution < 1.29 is 4.79 Å². The molecule has 0 saturated carbocycles. The first-order chi connectivity index (χ1) is 8.97. The Morgan fingerprint density at radius 2 is 2.21 bits per heavy atom. The van der Waals surface area contributed by atoms with Crippen molar-refractivity contribution in [2.75, 3.05) is 35.9 Å². The van der Waals surface area contributed by atoms with Gasteiger partial charge in [0, 0.05) is 37.1 Å². The van der Waals surface area contributed by atoms with Gasteiger partial charge in [-0.15, -0.1) is 0 Å². The van der Waals surface area contributed by atoms with Crippen molar-refractivity contribution in [2.24, 2.45) is 5.73 Å². The third-order valence-electron chi connectivity index (χ3n) is 3.78. The van der Waals surface area contributed by atoms with E-state index >= 15 is 0 Å². The monoisotopic (exact) mass is 279 g/mol. The van der Waals surface area contributed by atoms with Crippen LogP contribution < -0.4 is 15.5 Å². The van der Waals surface area contributed by atoms with Crippen molar-refractivity contribution in [3.8, 4) is 0 Å². The van der Waals surface area contributed by atoms with Crippen molar-refractivity contribution in [1.82, 2.24) is 0 Å². The van der Waals surface area contributed by atoms with Crippen LogP contribution in [0.3, 0.4) is 0 Å². The fourth-order valence-electron chi connectivity index (χ4n) is 2.37. The van der Waals surface area contributed by atoms with Crippen molar-refractivity contribution in [1.29, 1.82) is 0 Å². The van der Waals surface area contributed by atoms with Crippen LogP contribution in [0.15, 0.2) is 18.2 Å². The number of anilines is 2. The second kappa shape index (κ2) is 5.43. The molecule has 1 aliphatic heterocycles. The molecule has 2 unspecified atom stereocenters. The zero-order valence-electron chi connectivity index (χ0n) is 11.9. The van der Waals surface area contributed by atoms with Gasteiger partial charge in [0.2, 0.25) is 5.91 Å². The summed E-state index contributed by atoms with van der Waals surface area (Å²) in [6.07, 6.45) is 2.11. The number of nitrogens with two attached hydrogens (primary N) is 1. The van der Waals surface area contributed by atoms with Gasteiger partial charge in [0.25, 0.3) is 0 Å². The Bertz CT molecular complexity index is 492. The van der Waals surface area contributed by atoms with E-state index in [1.165, 1.54) is 0 Å². The molecule has 0 fully saturated rings. The summed E-state index contributed by atoms with van der Waals surface area (Å²) in [5, 5.41) is 0. The van der Waals surface area contributed by atoms with Gasteiger partial charge in [-0.25, -0.2) is 0 Å². The zero-order valence-corrected chi connectivity index (χ0v) is 12.7. The lowest BCUT2D eigenvalue weighted by atomic mass is 10.1. The number of thioether (sulfide) groups is 1. The van der Waals surface area contributed by atoms with Crippen LogP contribution in [0.1, 0.15) is 18.5 Å². The van der Waals surface area contributed by atoms with Crippen LogP contribution in [0, 0.1) is 0 Å². The van der Waals surface area contributed by atoms with E-state index in [1.54, 1.807) is 11.9 Å². The summed E-state index contributed by atoms with van der Waals surface area (Å²) >= 11 is 1.83. The molecule has 0 saturated heterocycles. The lowest BCUT2D eigenvalue weighted by molar-refractivity contribution is -0.118. The minimum absolute atomic E-state index is 0.0352. The molecule has 0 bridgehead atoms. The minimum atomic E-state index is -0.511. The Balaban J connectivity index is 2.30. The number of carbonyl (C=O) groups excluding carboxylic acids is 1. The number of amides is 1. The number of fused-ring (bicyclic) bond motifs is 1. The van der Waals surface area contributed by atoms with Crippen LogP contribution in [0.4, 0.5) is 11.4 Å². The summed E-state index contributed by atoms with van der Waals surface area (Å²) in [6.45, 7) is 2.20. The van der Waals surface area contributed by atoms with E-state index in [-0.39, 0.29) is 5.91 Å². The molecule has 2 rings (SSSR count). The molecule has 1 heterocycles. The molecular formula is C14H21N3OS. The third kappa shape index (κ3) is 2.44. The van der Waals surface area contributed by atoms with Crippen LogP contribution in [-0.4, -0.2) is 38.1 Å². The van der Waals surface area contributed by atoms with Gasteiger partial charge in [-0.2, -0.15) is 11.8 Å². The Morgan fingerprint density at radius 1 is 1.53 bits per heavy atom. The van der Waals surface area contributed by atoms with E-state index in [0.29, 0.717) is 6.04 Å². The largest absolute Gasteiger partial charge is 0.371 e. The van der Waals surface area contributed by atoms with Crippen LogP contribution in [0.25, 0.3) is 0 Å². The molecule has 2 N–H and O–H groups in total.